The van der Waals surface area contributed by atoms with E-state index in [9.17, 15) is 14.4 Å². The summed E-state index contributed by atoms with van der Waals surface area (Å²) < 4.78 is 19.1. The number of halogens is 2. The smallest absolute Gasteiger partial charge is 0.410 e. The van der Waals surface area contributed by atoms with Crippen LogP contribution in [-0.4, -0.2) is 115 Å². The van der Waals surface area contributed by atoms with E-state index >= 15 is 0 Å². The highest BCUT2D eigenvalue weighted by Crippen LogP contribution is 2.15. The number of ether oxygens (including phenoxy) is 3. The number of amides is 3. The second-order valence-corrected chi connectivity index (χ2v) is 14.3. The van der Waals surface area contributed by atoms with E-state index in [1.165, 1.54) is 24.3 Å². The fraction of sp³-hybridized carbons (Fsp3) is 0.472. The Bertz CT molecular complexity index is 1300. The topological polar surface area (TPSA) is 129 Å². The standard InChI is InChI=1S/C20H29IN2O5.C16H22INO3/c1-20(2,3)28-19(26)23(11-5-6-18(25)22(4)12-14-24)13-15-27-17-9-7-16(21)8-10-17;1-18(11-12-19)16(20)6-4-2-3-5-13-21-15-9-7-14(17)8-10-15/h5-10,24H,11-15H2,1-4H3;4,6-10,19H,2-3,5,11-13H2,1H3/b6-5+;6-4+. The largest absolute Gasteiger partial charge is 0.494 e. The number of allylic oxidation sites excluding steroid dienone is 1. The van der Waals surface area contributed by atoms with Gasteiger partial charge in [0.1, 0.15) is 23.7 Å². The summed E-state index contributed by atoms with van der Waals surface area (Å²) in [5.74, 6) is 1.31. The zero-order valence-electron chi connectivity index (χ0n) is 29.1. The van der Waals surface area contributed by atoms with Gasteiger partial charge in [-0.05, 0) is 140 Å². The summed E-state index contributed by atoms with van der Waals surface area (Å²) in [7, 11) is 3.28. The van der Waals surface area contributed by atoms with Crippen molar-refractivity contribution in [3.63, 3.8) is 0 Å². The van der Waals surface area contributed by atoms with Gasteiger partial charge in [-0.1, -0.05) is 12.2 Å². The van der Waals surface area contributed by atoms with E-state index in [0.29, 0.717) is 26.3 Å². The van der Waals surface area contributed by atoms with Gasteiger partial charge in [-0.15, -0.1) is 0 Å². The summed E-state index contributed by atoms with van der Waals surface area (Å²) in [5, 5.41) is 17.6. The third-order valence-electron chi connectivity index (χ3n) is 6.41. The van der Waals surface area contributed by atoms with Crippen LogP contribution >= 0.6 is 45.2 Å². The van der Waals surface area contributed by atoms with Gasteiger partial charge in [0.05, 0.1) is 26.4 Å². The Morgan fingerprint density at radius 2 is 1.18 bits per heavy atom. The number of hydrogen-bond acceptors (Lipinski definition) is 8. The molecule has 2 aromatic rings. The average molecular weight is 908 g/mol. The van der Waals surface area contributed by atoms with Crippen LogP contribution in [0, 0.1) is 7.14 Å². The minimum atomic E-state index is -0.618. The van der Waals surface area contributed by atoms with Crippen LogP contribution in [0.4, 0.5) is 4.79 Å². The van der Waals surface area contributed by atoms with Gasteiger partial charge in [-0.2, -0.15) is 0 Å². The lowest BCUT2D eigenvalue weighted by Crippen LogP contribution is -2.39. The number of rotatable bonds is 18. The molecule has 0 spiro atoms. The quantitative estimate of drug-likeness (QED) is 0.110. The highest BCUT2D eigenvalue weighted by Gasteiger charge is 2.21. The Balaban J connectivity index is 0.000000510. The van der Waals surface area contributed by atoms with Gasteiger partial charge in [-0.25, -0.2) is 4.79 Å². The maximum absolute atomic E-state index is 12.4. The van der Waals surface area contributed by atoms with Gasteiger partial charge in [-0.3, -0.25) is 9.59 Å². The minimum absolute atomic E-state index is 0.00798. The molecule has 0 saturated heterocycles. The molecular formula is C36H51I2N3O8. The predicted octanol–water partition coefficient (Wildman–Crippen LogP) is 5.76. The first-order valence-corrected chi connectivity index (χ1v) is 18.2. The molecular weight excluding hydrogens is 856 g/mol. The molecule has 2 aromatic carbocycles. The van der Waals surface area contributed by atoms with E-state index in [4.69, 9.17) is 24.4 Å². The molecule has 2 rings (SSSR count). The summed E-state index contributed by atoms with van der Waals surface area (Å²) in [6.07, 6.45) is 8.75. The summed E-state index contributed by atoms with van der Waals surface area (Å²) in [5.41, 5.74) is -0.618. The second-order valence-electron chi connectivity index (χ2n) is 11.8. The maximum Gasteiger partial charge on any atom is 0.410 e. The third kappa shape index (κ3) is 21.7. The molecule has 0 bridgehead atoms. The molecule has 272 valence electrons. The molecule has 11 nitrogen and oxygen atoms in total. The first kappa shape index (κ1) is 44.1. The molecule has 2 N–H and O–H groups in total. The van der Waals surface area contributed by atoms with Crippen molar-refractivity contribution in [3.8, 4) is 11.5 Å². The molecule has 0 heterocycles. The Morgan fingerprint density at radius 1 is 0.714 bits per heavy atom. The number of carbonyl (C=O) groups is 3. The zero-order chi connectivity index (χ0) is 36.7. The first-order valence-electron chi connectivity index (χ1n) is 16.1. The lowest BCUT2D eigenvalue weighted by Gasteiger charge is -2.26. The van der Waals surface area contributed by atoms with Gasteiger partial charge in [0, 0.05) is 46.9 Å². The Labute approximate surface area is 318 Å². The van der Waals surface area contributed by atoms with Gasteiger partial charge in [0.15, 0.2) is 0 Å². The molecule has 0 saturated carbocycles. The third-order valence-corrected chi connectivity index (χ3v) is 7.85. The van der Waals surface area contributed by atoms with E-state index in [2.05, 4.69) is 45.2 Å². The Morgan fingerprint density at radius 3 is 1.65 bits per heavy atom. The molecule has 0 radical (unpaired) electrons. The van der Waals surface area contributed by atoms with E-state index in [0.717, 1.165) is 34.3 Å². The van der Waals surface area contributed by atoms with Crippen molar-refractivity contribution >= 4 is 63.1 Å². The van der Waals surface area contributed by atoms with E-state index in [1.807, 2.05) is 54.6 Å². The molecule has 13 heteroatoms. The Hall–Kier alpha value is -2.89. The number of unbranched alkanes of at least 4 members (excludes halogenated alkanes) is 2. The molecule has 49 heavy (non-hydrogen) atoms. The maximum atomic E-state index is 12.4. The monoisotopic (exact) mass is 907 g/mol. The van der Waals surface area contributed by atoms with Crippen LogP contribution in [0.3, 0.4) is 0 Å². The van der Waals surface area contributed by atoms with Crippen molar-refractivity contribution in [1.29, 1.82) is 0 Å². The average Bonchev–Trinajstić information content (AvgIpc) is 3.04. The van der Waals surface area contributed by atoms with Crippen LogP contribution in [-0.2, 0) is 14.3 Å². The number of benzene rings is 2. The number of aliphatic hydroxyl groups is 2. The molecule has 0 aromatic heterocycles. The normalized spacial score (nSPS) is 11.1. The van der Waals surface area contributed by atoms with Crippen LogP contribution in [0.1, 0.15) is 40.0 Å². The van der Waals surface area contributed by atoms with E-state index in [-0.39, 0.29) is 38.1 Å². The zero-order valence-corrected chi connectivity index (χ0v) is 33.5. The van der Waals surface area contributed by atoms with Crippen LogP contribution in [0.2, 0.25) is 0 Å². The molecule has 0 aliphatic heterocycles. The van der Waals surface area contributed by atoms with Crippen LogP contribution in [0.15, 0.2) is 72.8 Å². The number of nitrogens with zero attached hydrogens (tertiary/aromatic N) is 3. The van der Waals surface area contributed by atoms with Gasteiger partial charge >= 0.3 is 6.09 Å². The van der Waals surface area contributed by atoms with E-state index < -0.39 is 11.7 Å². The van der Waals surface area contributed by atoms with Crippen molar-refractivity contribution < 1.29 is 38.8 Å². The van der Waals surface area contributed by atoms with Gasteiger partial charge in [0.25, 0.3) is 0 Å². The van der Waals surface area contributed by atoms with Crippen LogP contribution < -0.4 is 9.47 Å². The molecule has 0 aliphatic rings. The van der Waals surface area contributed by atoms with Crippen LogP contribution in [0.5, 0.6) is 11.5 Å². The van der Waals surface area contributed by atoms with Crippen molar-refractivity contribution in [2.75, 3.05) is 66.7 Å². The highest BCUT2D eigenvalue weighted by atomic mass is 127. The van der Waals surface area contributed by atoms with Crippen molar-refractivity contribution in [3.05, 3.63) is 80.0 Å². The summed E-state index contributed by atoms with van der Waals surface area (Å²) in [4.78, 5) is 40.3. The fourth-order valence-electron chi connectivity index (χ4n) is 3.71. The number of hydrogen-bond donors (Lipinski definition) is 2. The van der Waals surface area contributed by atoms with Gasteiger partial charge in [0.2, 0.25) is 11.8 Å². The van der Waals surface area contributed by atoms with Crippen LogP contribution in [0.25, 0.3) is 0 Å². The SMILES string of the molecule is CN(CCO)C(=O)/C=C/CCCCOc1ccc(I)cc1.CN(CCO)C(=O)/C=C/CN(CCOc1ccc(I)cc1)C(=O)OC(C)(C)C. The number of likely N-dealkylation sites (N-methyl/N-ethyl adjacent to an activating group) is 2. The highest BCUT2D eigenvalue weighted by molar-refractivity contribution is 14.1. The predicted molar refractivity (Wildman–Crippen MR) is 209 cm³/mol. The van der Waals surface area contributed by atoms with Crippen molar-refractivity contribution in [2.24, 2.45) is 0 Å². The van der Waals surface area contributed by atoms with Crippen molar-refractivity contribution in [1.82, 2.24) is 14.7 Å². The van der Waals surface area contributed by atoms with E-state index in [1.54, 1.807) is 47.0 Å². The minimum Gasteiger partial charge on any atom is -0.494 e. The first-order chi connectivity index (χ1) is 23.2. The van der Waals surface area contributed by atoms with Gasteiger partial charge < -0.3 is 39.1 Å². The lowest BCUT2D eigenvalue weighted by atomic mass is 10.2. The Kier molecular flexibility index (Phi) is 22.6. The summed E-state index contributed by atoms with van der Waals surface area (Å²) in [6, 6.07) is 15.6. The summed E-state index contributed by atoms with van der Waals surface area (Å²) >= 11 is 4.48. The lowest BCUT2D eigenvalue weighted by molar-refractivity contribution is -0.125. The number of carbonyl (C=O) groups excluding carboxylic acids is 3. The van der Waals surface area contributed by atoms with Crippen molar-refractivity contribution in [2.45, 2.75) is 45.6 Å². The molecule has 0 unspecified atom stereocenters. The number of aliphatic hydroxyl groups excluding tert-OH is 2. The fourth-order valence-corrected chi connectivity index (χ4v) is 4.43. The molecule has 0 atom stereocenters. The molecule has 3 amide bonds. The second kappa shape index (κ2) is 25.1. The molecule has 0 aliphatic carbocycles. The molecule has 0 fully saturated rings. The summed E-state index contributed by atoms with van der Waals surface area (Å²) in [6.45, 7) is 7.42.